The quantitative estimate of drug-likeness (QED) is 0.858. The number of likely N-dealkylation sites (tertiary alicyclic amines) is 1. The number of aliphatic hydroxyl groups excluding tert-OH is 1. The van der Waals surface area contributed by atoms with Gasteiger partial charge in [-0.1, -0.05) is 12.1 Å². The molecule has 0 aromatic heterocycles. The molecule has 1 saturated heterocycles. The molecule has 0 radical (unpaired) electrons. The summed E-state index contributed by atoms with van der Waals surface area (Å²) in [5.41, 5.74) is 0.349. The molecule has 1 heterocycles. The summed E-state index contributed by atoms with van der Waals surface area (Å²) in [4.78, 5) is 14.2. The molecule has 1 atom stereocenters. The average Bonchev–Trinajstić information content (AvgIpc) is 2.40. The van der Waals surface area contributed by atoms with Crippen LogP contribution in [-0.2, 0) is 0 Å². The van der Waals surface area contributed by atoms with Gasteiger partial charge in [-0.2, -0.15) is 0 Å². The standard InChI is InChI=1S/C14H19NO3/c16-10-8-11-5-3-4-9-15(11)14(18)12-6-1-2-7-13(12)17/h1-2,6-7,11,16-17H,3-5,8-10H2. The monoisotopic (exact) mass is 249 g/mol. The summed E-state index contributed by atoms with van der Waals surface area (Å²) in [6.45, 7) is 0.799. The number of benzene rings is 1. The average molecular weight is 249 g/mol. The second kappa shape index (κ2) is 5.87. The van der Waals surface area contributed by atoms with Gasteiger partial charge in [0.1, 0.15) is 5.75 Å². The summed E-state index contributed by atoms with van der Waals surface area (Å²) in [5.74, 6) is -0.109. The molecule has 98 valence electrons. The Kier molecular flexibility index (Phi) is 4.20. The largest absolute Gasteiger partial charge is 0.507 e. The van der Waals surface area contributed by atoms with Crippen molar-refractivity contribution in [2.24, 2.45) is 0 Å². The lowest BCUT2D eigenvalue weighted by Gasteiger charge is -2.35. The predicted octanol–water partition coefficient (Wildman–Crippen LogP) is 1.77. The Balaban J connectivity index is 2.18. The Morgan fingerprint density at radius 3 is 2.83 bits per heavy atom. The number of rotatable bonds is 3. The molecule has 1 aromatic rings. The number of piperidine rings is 1. The molecular formula is C14H19NO3. The third kappa shape index (κ3) is 2.64. The highest BCUT2D eigenvalue weighted by molar-refractivity contribution is 5.97. The van der Waals surface area contributed by atoms with E-state index in [4.69, 9.17) is 5.11 Å². The maximum atomic E-state index is 12.4. The molecule has 1 fully saturated rings. The van der Waals surface area contributed by atoms with Crippen LogP contribution in [-0.4, -0.2) is 40.2 Å². The van der Waals surface area contributed by atoms with Crippen molar-refractivity contribution in [1.82, 2.24) is 4.90 Å². The molecule has 2 rings (SSSR count). The van der Waals surface area contributed by atoms with Gasteiger partial charge in [-0.05, 0) is 37.8 Å². The number of aliphatic hydroxyl groups is 1. The van der Waals surface area contributed by atoms with Crippen molar-refractivity contribution in [2.75, 3.05) is 13.2 Å². The van der Waals surface area contributed by atoms with Gasteiger partial charge in [-0.3, -0.25) is 4.79 Å². The van der Waals surface area contributed by atoms with E-state index in [-0.39, 0.29) is 24.3 Å². The van der Waals surface area contributed by atoms with Crippen LogP contribution in [0.25, 0.3) is 0 Å². The highest BCUT2D eigenvalue weighted by Gasteiger charge is 2.28. The van der Waals surface area contributed by atoms with Crippen LogP contribution in [0.15, 0.2) is 24.3 Å². The third-order valence-electron chi connectivity index (χ3n) is 3.48. The van der Waals surface area contributed by atoms with Crippen molar-refractivity contribution < 1.29 is 15.0 Å². The summed E-state index contributed by atoms with van der Waals surface area (Å²) < 4.78 is 0. The number of phenolic OH excluding ortho intramolecular Hbond substituents is 1. The summed E-state index contributed by atoms with van der Waals surface area (Å²) >= 11 is 0. The Bertz CT molecular complexity index is 417. The molecule has 18 heavy (non-hydrogen) atoms. The van der Waals surface area contributed by atoms with Gasteiger partial charge < -0.3 is 15.1 Å². The van der Waals surface area contributed by atoms with E-state index in [9.17, 15) is 9.90 Å². The zero-order valence-corrected chi connectivity index (χ0v) is 10.4. The van der Waals surface area contributed by atoms with Gasteiger partial charge in [0.2, 0.25) is 0 Å². The number of para-hydroxylation sites is 1. The summed E-state index contributed by atoms with van der Waals surface area (Å²) in [6, 6.07) is 6.71. The number of hydrogen-bond acceptors (Lipinski definition) is 3. The van der Waals surface area contributed by atoms with E-state index in [1.807, 2.05) is 0 Å². The van der Waals surface area contributed by atoms with Gasteiger partial charge >= 0.3 is 0 Å². The molecule has 0 spiro atoms. The fourth-order valence-electron chi connectivity index (χ4n) is 2.53. The maximum absolute atomic E-state index is 12.4. The van der Waals surface area contributed by atoms with Gasteiger partial charge in [0, 0.05) is 19.2 Å². The van der Waals surface area contributed by atoms with Crippen LogP contribution < -0.4 is 0 Å². The Labute approximate surface area is 107 Å². The molecular weight excluding hydrogens is 230 g/mol. The maximum Gasteiger partial charge on any atom is 0.257 e. The van der Waals surface area contributed by atoms with E-state index in [0.29, 0.717) is 18.5 Å². The molecule has 1 amide bonds. The molecule has 0 saturated carbocycles. The molecule has 1 aliphatic heterocycles. The van der Waals surface area contributed by atoms with Crippen LogP contribution in [0.3, 0.4) is 0 Å². The van der Waals surface area contributed by atoms with Crippen LogP contribution in [0.4, 0.5) is 0 Å². The minimum atomic E-state index is -0.133. The molecule has 0 bridgehead atoms. The second-order valence-corrected chi connectivity index (χ2v) is 4.68. The molecule has 0 aliphatic carbocycles. The molecule has 4 nitrogen and oxygen atoms in total. The van der Waals surface area contributed by atoms with Crippen molar-refractivity contribution in [3.63, 3.8) is 0 Å². The minimum Gasteiger partial charge on any atom is -0.507 e. The van der Waals surface area contributed by atoms with Crippen molar-refractivity contribution in [1.29, 1.82) is 0 Å². The minimum absolute atomic E-state index is 0.0239. The first kappa shape index (κ1) is 12.9. The highest BCUT2D eigenvalue weighted by Crippen LogP contribution is 2.25. The van der Waals surface area contributed by atoms with Gasteiger partial charge in [-0.15, -0.1) is 0 Å². The van der Waals surface area contributed by atoms with Crippen molar-refractivity contribution in [3.05, 3.63) is 29.8 Å². The van der Waals surface area contributed by atoms with Crippen LogP contribution >= 0.6 is 0 Å². The molecule has 2 N–H and O–H groups in total. The van der Waals surface area contributed by atoms with E-state index in [1.54, 1.807) is 23.1 Å². The lowest BCUT2D eigenvalue weighted by molar-refractivity contribution is 0.0572. The first-order valence-corrected chi connectivity index (χ1v) is 6.44. The molecule has 1 aliphatic rings. The van der Waals surface area contributed by atoms with Crippen LogP contribution in [0.5, 0.6) is 5.75 Å². The Hall–Kier alpha value is -1.55. The summed E-state index contributed by atoms with van der Waals surface area (Å²) in [7, 11) is 0. The predicted molar refractivity (Wildman–Crippen MR) is 68.5 cm³/mol. The third-order valence-corrected chi connectivity index (χ3v) is 3.48. The fraction of sp³-hybridized carbons (Fsp3) is 0.500. The van der Waals surface area contributed by atoms with E-state index in [2.05, 4.69) is 0 Å². The van der Waals surface area contributed by atoms with E-state index < -0.39 is 0 Å². The number of nitrogens with zero attached hydrogens (tertiary/aromatic N) is 1. The van der Waals surface area contributed by atoms with Gasteiger partial charge in [-0.25, -0.2) is 0 Å². The van der Waals surface area contributed by atoms with E-state index in [1.165, 1.54) is 6.07 Å². The van der Waals surface area contributed by atoms with Crippen molar-refractivity contribution >= 4 is 5.91 Å². The smallest absolute Gasteiger partial charge is 0.257 e. The van der Waals surface area contributed by atoms with Gasteiger partial charge in [0.25, 0.3) is 5.91 Å². The van der Waals surface area contributed by atoms with Crippen LogP contribution in [0.2, 0.25) is 0 Å². The fourth-order valence-corrected chi connectivity index (χ4v) is 2.53. The van der Waals surface area contributed by atoms with Crippen LogP contribution in [0.1, 0.15) is 36.0 Å². The lowest BCUT2D eigenvalue weighted by atomic mass is 9.98. The first-order valence-electron chi connectivity index (χ1n) is 6.44. The number of amides is 1. The zero-order valence-electron chi connectivity index (χ0n) is 10.4. The van der Waals surface area contributed by atoms with Gasteiger partial charge in [0.15, 0.2) is 0 Å². The van der Waals surface area contributed by atoms with E-state index in [0.717, 1.165) is 19.3 Å². The summed E-state index contributed by atoms with van der Waals surface area (Å²) in [5, 5.41) is 18.8. The summed E-state index contributed by atoms with van der Waals surface area (Å²) in [6.07, 6.45) is 3.62. The van der Waals surface area contributed by atoms with Crippen molar-refractivity contribution in [2.45, 2.75) is 31.7 Å². The Morgan fingerprint density at radius 2 is 2.11 bits per heavy atom. The number of hydrogen-bond donors (Lipinski definition) is 2. The van der Waals surface area contributed by atoms with Gasteiger partial charge in [0.05, 0.1) is 5.56 Å². The zero-order chi connectivity index (χ0) is 13.0. The first-order chi connectivity index (χ1) is 8.74. The number of carbonyl (C=O) groups is 1. The number of carbonyl (C=O) groups excluding carboxylic acids is 1. The molecule has 1 unspecified atom stereocenters. The number of phenols is 1. The topological polar surface area (TPSA) is 60.8 Å². The highest BCUT2D eigenvalue weighted by atomic mass is 16.3. The van der Waals surface area contributed by atoms with E-state index >= 15 is 0 Å². The second-order valence-electron chi connectivity index (χ2n) is 4.68. The molecule has 1 aromatic carbocycles. The lowest BCUT2D eigenvalue weighted by Crippen LogP contribution is -2.44. The normalized spacial score (nSPS) is 19.8. The van der Waals surface area contributed by atoms with Crippen molar-refractivity contribution in [3.8, 4) is 5.75 Å². The Morgan fingerprint density at radius 1 is 1.33 bits per heavy atom. The molecule has 4 heteroatoms. The SMILES string of the molecule is O=C(c1ccccc1O)N1CCCCC1CCO. The number of aromatic hydroxyl groups is 1. The van der Waals surface area contributed by atoms with Crippen LogP contribution in [0, 0.1) is 0 Å².